The van der Waals surface area contributed by atoms with Gasteiger partial charge in [-0.2, -0.15) is 0 Å². The molecule has 0 aromatic heterocycles. The smallest absolute Gasteiger partial charge is 0.311 e. The Kier molecular flexibility index (Phi) is 5.60. The normalized spacial score (nSPS) is 32.9. The molecule has 2 aliphatic heterocycles. The third-order valence-corrected chi connectivity index (χ3v) is 5.99. The highest BCUT2D eigenvalue weighted by Crippen LogP contribution is 2.47. The molecule has 0 radical (unpaired) electrons. The molecule has 2 bridgehead atoms. The second-order valence-corrected chi connectivity index (χ2v) is 7.55. The maximum atomic E-state index is 13.1. The molecule has 2 fully saturated rings. The van der Waals surface area contributed by atoms with E-state index >= 15 is 0 Å². The van der Waals surface area contributed by atoms with Gasteiger partial charge in [0.05, 0.1) is 8.66 Å². The Bertz CT molecular complexity index is 685. The molecule has 5 heteroatoms. The lowest BCUT2D eigenvalue weighted by Gasteiger charge is -2.43. The largest absolute Gasteiger partial charge is 0.463 e. The van der Waals surface area contributed by atoms with Gasteiger partial charge in [-0.05, 0) is 35.8 Å². The van der Waals surface area contributed by atoms with Crippen LogP contribution in [0.5, 0.6) is 0 Å². The van der Waals surface area contributed by atoms with Crippen LogP contribution in [0.15, 0.2) is 34.4 Å². The van der Waals surface area contributed by atoms with Crippen molar-refractivity contribution in [2.75, 3.05) is 19.8 Å². The summed E-state index contributed by atoms with van der Waals surface area (Å²) >= 11 is 2.19. The zero-order chi connectivity index (χ0) is 19.6. The van der Waals surface area contributed by atoms with Gasteiger partial charge in [-0.3, -0.25) is 9.69 Å². The van der Waals surface area contributed by atoms with Gasteiger partial charge in [-0.25, -0.2) is 4.39 Å². The van der Waals surface area contributed by atoms with E-state index in [1.54, 1.807) is 0 Å². The minimum atomic E-state index is -2.25. The Morgan fingerprint density at radius 2 is 2.20 bits per heavy atom. The quantitative estimate of drug-likeness (QED) is 0.465. The van der Waals surface area contributed by atoms with Crippen molar-refractivity contribution in [2.24, 2.45) is 5.92 Å². The van der Waals surface area contributed by atoms with E-state index in [2.05, 4.69) is 45.7 Å². The minimum Gasteiger partial charge on any atom is -0.463 e. The van der Waals surface area contributed by atoms with E-state index in [0.717, 1.165) is 36.9 Å². The van der Waals surface area contributed by atoms with E-state index in [1.165, 1.54) is 0 Å². The Hall–Kier alpha value is -0.950. The number of aryl methyl sites for hydroxylation is 1. The highest BCUT2D eigenvalue weighted by atomic mass is 127. The predicted molar refractivity (Wildman–Crippen MR) is 106 cm³/mol. The summed E-state index contributed by atoms with van der Waals surface area (Å²) in [4.78, 5) is 15.3. The Labute approximate surface area is 165 Å². The average molecular weight is 461 g/mol. The first-order chi connectivity index (χ1) is 12.9. The second kappa shape index (κ2) is 8.62. The zero-order valence-electron chi connectivity index (χ0n) is 16.3. The number of carbonyl (C=O) groups is 1. The van der Waals surface area contributed by atoms with Gasteiger partial charge in [0.15, 0.2) is 0 Å². The van der Waals surface area contributed by atoms with Crippen LogP contribution >= 0.6 is 22.6 Å². The number of nitrogens with zero attached hydrogens (tertiary/aromatic N) is 1. The van der Waals surface area contributed by atoms with Crippen molar-refractivity contribution in [3.63, 3.8) is 0 Å². The van der Waals surface area contributed by atoms with Crippen molar-refractivity contribution >= 4 is 28.6 Å². The summed E-state index contributed by atoms with van der Waals surface area (Å²) in [6.07, 6.45) is 4.84. The molecule has 2 saturated heterocycles. The summed E-state index contributed by atoms with van der Waals surface area (Å²) < 4.78 is 34.7. The second-order valence-electron chi connectivity index (χ2n) is 6.83. The van der Waals surface area contributed by atoms with Gasteiger partial charge in [0.2, 0.25) is 0 Å². The molecular formula is C20H25FINO2. The fraction of sp³-hybridized carbons (Fsp3) is 0.550. The third-order valence-electron chi connectivity index (χ3n) is 5.48. The molecule has 3 nitrogen and oxygen atoms in total. The number of benzene rings is 1. The molecule has 0 saturated carbocycles. The molecule has 0 amide bonds. The Balaban J connectivity index is 1.90. The van der Waals surface area contributed by atoms with Crippen molar-refractivity contribution < 1.29 is 16.7 Å². The minimum absolute atomic E-state index is 0.00794. The number of hydrogen-bond acceptors (Lipinski definition) is 3. The molecule has 2 aliphatic rings. The first-order valence-corrected chi connectivity index (χ1v) is 9.93. The van der Waals surface area contributed by atoms with Crippen LogP contribution in [0.2, 0.25) is 0 Å². The molecule has 25 heavy (non-hydrogen) atoms. The summed E-state index contributed by atoms with van der Waals surface area (Å²) in [5, 5.41) is 0. The number of carbonyl (C=O) groups excluding carboxylic acids is 1. The highest BCUT2D eigenvalue weighted by Gasteiger charge is 2.50. The molecule has 0 aliphatic carbocycles. The number of halogens is 2. The van der Waals surface area contributed by atoms with Crippen LogP contribution in [0.4, 0.5) is 4.39 Å². The van der Waals surface area contributed by atoms with Crippen LogP contribution in [0.25, 0.3) is 0 Å². The van der Waals surface area contributed by atoms with Gasteiger partial charge in [-0.15, -0.1) is 0 Å². The topological polar surface area (TPSA) is 29.5 Å². The van der Waals surface area contributed by atoms with Gasteiger partial charge in [0.1, 0.15) is 13.2 Å². The molecule has 1 aromatic carbocycles. The third kappa shape index (κ3) is 4.08. The zero-order valence-corrected chi connectivity index (χ0v) is 16.4. The number of rotatable bonds is 6. The van der Waals surface area contributed by atoms with Crippen molar-refractivity contribution in [1.82, 2.24) is 4.90 Å². The number of hydrogen-bond donors (Lipinski definition) is 0. The summed E-state index contributed by atoms with van der Waals surface area (Å²) in [5.74, 6) is -1.00. The first kappa shape index (κ1) is 16.2. The van der Waals surface area contributed by atoms with Crippen molar-refractivity contribution in [2.45, 2.75) is 44.2 Å². The van der Waals surface area contributed by atoms with Crippen LogP contribution < -0.4 is 0 Å². The summed E-state index contributed by atoms with van der Waals surface area (Å²) in [6.45, 7) is -1.24. The molecule has 136 valence electrons. The molecule has 0 N–H and O–H groups in total. The van der Waals surface area contributed by atoms with Gasteiger partial charge in [-0.1, -0.05) is 58.5 Å². The summed E-state index contributed by atoms with van der Waals surface area (Å²) in [7, 11) is 0. The molecule has 2 heterocycles. The lowest BCUT2D eigenvalue weighted by Crippen LogP contribution is -2.51. The van der Waals surface area contributed by atoms with E-state index < -0.39 is 25.1 Å². The number of piperidine rings is 1. The van der Waals surface area contributed by atoms with E-state index in [9.17, 15) is 9.18 Å². The van der Waals surface area contributed by atoms with Crippen LogP contribution in [0, 0.1) is 12.8 Å². The van der Waals surface area contributed by atoms with E-state index in [-0.39, 0.29) is 12.0 Å². The van der Waals surface area contributed by atoms with Gasteiger partial charge >= 0.3 is 5.97 Å². The van der Waals surface area contributed by atoms with Crippen LogP contribution in [0.3, 0.4) is 0 Å². The molecular weight excluding hydrogens is 432 g/mol. The van der Waals surface area contributed by atoms with Crippen LogP contribution in [0.1, 0.15) is 39.0 Å². The lowest BCUT2D eigenvalue weighted by molar-refractivity contribution is -0.154. The number of ether oxygens (including phenoxy) is 1. The number of fused-ring (bicyclic) bond motifs is 2. The van der Waals surface area contributed by atoms with Crippen molar-refractivity contribution in [3.8, 4) is 0 Å². The number of alkyl halides is 1. The van der Waals surface area contributed by atoms with Crippen LogP contribution in [-0.2, 0) is 9.53 Å². The van der Waals surface area contributed by atoms with E-state index in [1.807, 2.05) is 23.1 Å². The van der Waals surface area contributed by atoms with E-state index in [4.69, 9.17) is 7.48 Å². The SMILES string of the molecule is [3H]C(F)C([3H])OC(=O)[C@H]1[C@@H](c2ccc(C)cc2)C[C@@H]2CC[C@H]1N2C/C=C/I. The summed E-state index contributed by atoms with van der Waals surface area (Å²) in [5.41, 5.74) is 2.25. The van der Waals surface area contributed by atoms with Crippen molar-refractivity contribution in [1.29, 1.82) is 0 Å². The maximum Gasteiger partial charge on any atom is 0.311 e. The lowest BCUT2D eigenvalue weighted by atomic mass is 9.76. The Morgan fingerprint density at radius 1 is 1.44 bits per heavy atom. The fourth-order valence-electron chi connectivity index (χ4n) is 4.41. The number of esters is 1. The molecule has 3 rings (SSSR count). The Morgan fingerprint density at radius 3 is 2.88 bits per heavy atom. The fourth-order valence-corrected chi connectivity index (χ4v) is 4.64. The van der Waals surface area contributed by atoms with E-state index in [0.29, 0.717) is 6.04 Å². The first-order valence-electron chi connectivity index (χ1n) is 9.84. The van der Waals surface area contributed by atoms with Gasteiger partial charge in [0, 0.05) is 24.5 Å². The predicted octanol–water partition coefficient (Wildman–Crippen LogP) is 4.39. The maximum absolute atomic E-state index is 13.1. The molecule has 6 atom stereocenters. The average Bonchev–Trinajstić information content (AvgIpc) is 2.91. The monoisotopic (exact) mass is 461 g/mol. The van der Waals surface area contributed by atoms with Crippen molar-refractivity contribution in [3.05, 3.63) is 45.6 Å². The van der Waals surface area contributed by atoms with Gasteiger partial charge < -0.3 is 4.74 Å². The molecule has 2 unspecified atom stereocenters. The van der Waals surface area contributed by atoms with Crippen LogP contribution in [-0.4, -0.2) is 42.7 Å². The van der Waals surface area contributed by atoms with Gasteiger partial charge in [0.25, 0.3) is 0 Å². The molecule has 1 aromatic rings. The highest BCUT2D eigenvalue weighted by molar-refractivity contribution is 14.1. The summed E-state index contributed by atoms with van der Waals surface area (Å²) in [6, 6.07) is 8.63. The standard InChI is InChI=1S/C20H25FINO2/c1-14-3-5-15(6-4-14)17-13-16-7-8-18(23(16)11-2-10-22)19(17)20(24)25-12-9-21/h2-6,10,16-19H,7-9,11-13H2,1H3/b10-2+/t16-,17+,18+,19-/m0/s1/i9T,12T/t9?,12?,16-,17+,18+,19-. The molecule has 0 spiro atoms.